The van der Waals surface area contributed by atoms with E-state index in [1.807, 2.05) is 0 Å². The first kappa shape index (κ1) is 12.0. The van der Waals surface area contributed by atoms with Gasteiger partial charge >= 0.3 is 11.9 Å². The number of carbonyl (C=O) groups excluding carboxylic acids is 2. The second kappa shape index (κ2) is 5.64. The summed E-state index contributed by atoms with van der Waals surface area (Å²) in [4.78, 5) is 40.6. The molecule has 7 heteroatoms. The smallest absolute Gasteiger partial charge is 0.379 e. The van der Waals surface area contributed by atoms with Crippen molar-refractivity contribution >= 4 is 25.2 Å². The first-order valence-electron chi connectivity index (χ1n) is 3.20. The first-order valence-corrected chi connectivity index (χ1v) is 4.41. The number of hydrogen-bond acceptors (Lipinski definition) is 6. The van der Waals surface area contributed by atoms with E-state index >= 15 is 0 Å². The molecule has 0 aliphatic carbocycles. The Kier molecular flexibility index (Phi) is 5.22. The van der Waals surface area contributed by atoms with Gasteiger partial charge in [-0.3, -0.25) is 4.79 Å². The maximum Gasteiger partial charge on any atom is 0.379 e. The highest BCUT2D eigenvalue weighted by Crippen LogP contribution is 2.10. The standard InChI is InChI=1S/C6H9O6P/c1-11-5(7)3-4(13(9)10)6(8)12-2/h3H2,1-2H3,(H,9,10). The summed E-state index contributed by atoms with van der Waals surface area (Å²) < 4.78 is 8.41. The summed E-state index contributed by atoms with van der Waals surface area (Å²) in [5.74, 6) is -1.74. The molecule has 13 heavy (non-hydrogen) atoms. The molecule has 0 aliphatic rings. The van der Waals surface area contributed by atoms with Gasteiger partial charge in [-0.15, -0.1) is 0 Å². The molecule has 0 aromatic carbocycles. The molecule has 0 rings (SSSR count). The molecule has 0 radical (unpaired) electrons. The van der Waals surface area contributed by atoms with Crippen LogP contribution < -0.4 is 4.89 Å². The summed E-state index contributed by atoms with van der Waals surface area (Å²) in [5.41, 5.74) is 0. The summed E-state index contributed by atoms with van der Waals surface area (Å²) >= 11 is 0. The van der Waals surface area contributed by atoms with Crippen molar-refractivity contribution in [3.8, 4) is 0 Å². The topological polar surface area (TPSA) is 95.9 Å². The fourth-order valence-electron chi connectivity index (χ4n) is 0.545. The van der Waals surface area contributed by atoms with Crippen LogP contribution in [0, 0.1) is 0 Å². The highest BCUT2D eigenvalue weighted by Gasteiger charge is 2.24. The van der Waals surface area contributed by atoms with Crippen molar-refractivity contribution in [1.82, 2.24) is 0 Å². The molecule has 0 heterocycles. The zero-order chi connectivity index (χ0) is 10.4. The number of rotatable bonds is 3. The van der Waals surface area contributed by atoms with E-state index in [1.54, 1.807) is 0 Å². The molecule has 0 fully saturated rings. The Bertz CT molecular complexity index is 242. The lowest BCUT2D eigenvalue weighted by Crippen LogP contribution is -2.21. The van der Waals surface area contributed by atoms with Gasteiger partial charge in [0.1, 0.15) is 6.42 Å². The minimum Gasteiger partial charge on any atom is -0.603 e. The minimum absolute atomic E-state index is 0.496. The van der Waals surface area contributed by atoms with Crippen LogP contribution in [0.1, 0.15) is 6.42 Å². The summed E-state index contributed by atoms with van der Waals surface area (Å²) in [5, 5.41) is -0.496. The number of ether oxygens (including phenoxy) is 2. The molecule has 0 bridgehead atoms. The quantitative estimate of drug-likeness (QED) is 0.450. The zero-order valence-electron chi connectivity index (χ0n) is 7.14. The molecule has 0 aromatic rings. The first-order chi connectivity index (χ1) is 6.02. The predicted molar refractivity (Wildman–Crippen MR) is 42.8 cm³/mol. The lowest BCUT2D eigenvalue weighted by Gasteiger charge is -2.00. The fraction of sp³-hybridized carbons (Fsp3) is 0.500. The molecule has 1 N–H and O–H groups in total. The van der Waals surface area contributed by atoms with Crippen molar-refractivity contribution in [3.05, 3.63) is 0 Å². The number of methoxy groups -OCH3 is 2. The maximum absolute atomic E-state index is 10.8. The fourth-order valence-corrected chi connectivity index (χ4v) is 1.06. The van der Waals surface area contributed by atoms with Crippen molar-refractivity contribution in [2.75, 3.05) is 14.2 Å². The van der Waals surface area contributed by atoms with E-state index in [4.69, 9.17) is 4.89 Å². The second-order valence-electron chi connectivity index (χ2n) is 1.96. The highest BCUT2D eigenvalue weighted by molar-refractivity contribution is 7.48. The third-order valence-corrected chi connectivity index (χ3v) is 1.99. The van der Waals surface area contributed by atoms with Gasteiger partial charge < -0.3 is 14.4 Å². The summed E-state index contributed by atoms with van der Waals surface area (Å²) in [6.45, 7) is 0. The third kappa shape index (κ3) is 3.98. The average molecular weight is 208 g/mol. The van der Waals surface area contributed by atoms with Gasteiger partial charge in [0.15, 0.2) is 0 Å². The van der Waals surface area contributed by atoms with Crippen LogP contribution in [0.2, 0.25) is 0 Å². The van der Waals surface area contributed by atoms with Crippen molar-refractivity contribution in [2.24, 2.45) is 0 Å². The lowest BCUT2D eigenvalue weighted by atomic mass is 10.3. The van der Waals surface area contributed by atoms with Gasteiger partial charge in [0.2, 0.25) is 13.3 Å². The Morgan fingerprint density at radius 1 is 1.38 bits per heavy atom. The third-order valence-electron chi connectivity index (χ3n) is 1.19. The van der Waals surface area contributed by atoms with Gasteiger partial charge in [-0.1, -0.05) is 0 Å². The minimum atomic E-state index is -2.86. The van der Waals surface area contributed by atoms with E-state index in [1.165, 1.54) is 0 Å². The van der Waals surface area contributed by atoms with Crippen molar-refractivity contribution in [3.63, 3.8) is 0 Å². The summed E-state index contributed by atoms with van der Waals surface area (Å²) in [7, 11) is -0.689. The summed E-state index contributed by atoms with van der Waals surface area (Å²) in [6.07, 6.45) is -0.533. The van der Waals surface area contributed by atoms with Gasteiger partial charge in [-0.2, -0.15) is 4.89 Å². The van der Waals surface area contributed by atoms with Crippen LogP contribution in [0.5, 0.6) is 0 Å². The van der Waals surface area contributed by atoms with Crippen molar-refractivity contribution < 1.29 is 28.8 Å². The van der Waals surface area contributed by atoms with Gasteiger partial charge in [0.05, 0.1) is 14.2 Å². The predicted octanol–water partition coefficient (Wildman–Crippen LogP) is -1.44. The van der Waals surface area contributed by atoms with Crippen LogP contribution in [-0.2, 0) is 19.1 Å². The molecule has 0 aromatic heterocycles. The summed E-state index contributed by atoms with van der Waals surface area (Å²) in [6, 6.07) is 0. The zero-order valence-corrected chi connectivity index (χ0v) is 8.04. The van der Waals surface area contributed by atoms with E-state index in [9.17, 15) is 14.5 Å². The van der Waals surface area contributed by atoms with E-state index in [2.05, 4.69) is 9.47 Å². The van der Waals surface area contributed by atoms with Gasteiger partial charge in [0, 0.05) is 0 Å². The number of esters is 2. The van der Waals surface area contributed by atoms with Crippen molar-refractivity contribution in [1.29, 1.82) is 0 Å². The molecule has 6 nitrogen and oxygen atoms in total. The molecule has 0 saturated carbocycles. The molecule has 1 unspecified atom stereocenters. The van der Waals surface area contributed by atoms with E-state index in [-0.39, 0.29) is 0 Å². The van der Waals surface area contributed by atoms with Crippen LogP contribution in [0.25, 0.3) is 0 Å². The van der Waals surface area contributed by atoms with E-state index < -0.39 is 31.7 Å². The number of carbonyl (C=O) groups is 2. The van der Waals surface area contributed by atoms with Gasteiger partial charge in [-0.25, -0.2) is 4.79 Å². The Hall–Kier alpha value is -0.970. The van der Waals surface area contributed by atoms with Crippen molar-refractivity contribution in [2.45, 2.75) is 6.42 Å². The Balaban J connectivity index is 4.57. The molecule has 74 valence electrons. The molecular weight excluding hydrogens is 199 g/mol. The van der Waals surface area contributed by atoms with Crippen LogP contribution in [-0.4, -0.2) is 36.3 Å². The normalized spacial score (nSPS) is 11.7. The Morgan fingerprint density at radius 3 is 2.23 bits per heavy atom. The monoisotopic (exact) mass is 208 g/mol. The Labute approximate surface area is 75.6 Å². The van der Waals surface area contributed by atoms with Crippen LogP contribution in [0.4, 0.5) is 0 Å². The molecular formula is C6H9O6P. The molecule has 0 amide bonds. The van der Waals surface area contributed by atoms with E-state index in [0.29, 0.717) is 0 Å². The van der Waals surface area contributed by atoms with E-state index in [0.717, 1.165) is 14.2 Å². The number of hydrogen-bond donors (Lipinski definition) is 1. The second-order valence-corrected chi connectivity index (χ2v) is 3.05. The molecule has 0 spiro atoms. The van der Waals surface area contributed by atoms with Crippen LogP contribution >= 0.6 is 8.00 Å². The van der Waals surface area contributed by atoms with Crippen LogP contribution in [0.15, 0.2) is 0 Å². The lowest BCUT2D eigenvalue weighted by molar-refractivity contribution is -0.168. The highest BCUT2D eigenvalue weighted by atomic mass is 31.1. The van der Waals surface area contributed by atoms with Gasteiger partial charge in [-0.05, 0) is 0 Å². The largest absolute Gasteiger partial charge is 0.603 e. The SMILES string of the molecule is COC(=O)CC(C(=O)OC)=[P+]([O-])O. The molecule has 0 saturated heterocycles. The van der Waals surface area contributed by atoms with Gasteiger partial charge in [0.25, 0.3) is 0 Å². The maximum atomic E-state index is 10.8. The van der Waals surface area contributed by atoms with Crippen LogP contribution in [0.3, 0.4) is 0 Å². The molecule has 0 aliphatic heterocycles. The molecule has 1 atom stereocenters. The Morgan fingerprint density at radius 2 is 1.92 bits per heavy atom. The average Bonchev–Trinajstić information content (AvgIpc) is 2.11.